The number of rotatable bonds is 2. The lowest BCUT2D eigenvalue weighted by Crippen LogP contribution is -2.24. The molecule has 0 fully saturated rings. The van der Waals surface area contributed by atoms with E-state index in [2.05, 4.69) is 10.3 Å². The predicted octanol–water partition coefficient (Wildman–Crippen LogP) is -1.09. The van der Waals surface area contributed by atoms with Crippen molar-refractivity contribution in [2.24, 2.45) is 5.73 Å². The fraction of sp³-hybridized carbons (Fsp3) is 0.400. The molecule has 1 unspecified atom stereocenters. The van der Waals surface area contributed by atoms with Crippen molar-refractivity contribution in [3.8, 4) is 0 Å². The fourth-order valence-electron chi connectivity index (χ4n) is 0.610. The summed E-state index contributed by atoms with van der Waals surface area (Å²) in [5, 5.41) is 7.08. The number of nitrogens with two attached hydrogens (primary N) is 2. The molecular weight excluding hydrogens is 146 g/mol. The number of carbonyl (C=O) groups excluding carboxylic acids is 1. The number of amides is 1. The molecule has 0 aliphatic rings. The zero-order chi connectivity index (χ0) is 8.43. The molecule has 1 amide bonds. The first-order chi connectivity index (χ1) is 5.11. The summed E-state index contributed by atoms with van der Waals surface area (Å²) in [5.74, 6) is -0.187. The highest BCUT2D eigenvalue weighted by Gasteiger charge is 2.11. The maximum Gasteiger partial charge on any atom is 0.242 e. The van der Waals surface area contributed by atoms with E-state index in [0.29, 0.717) is 0 Å². The molecule has 0 saturated heterocycles. The zero-order valence-electron chi connectivity index (χ0n) is 6.06. The average molecular weight is 155 g/mol. The van der Waals surface area contributed by atoms with Gasteiger partial charge in [-0.05, 0) is 6.92 Å². The molecule has 1 atom stereocenters. The molecule has 0 spiro atoms. The Labute approximate surface area is 63.2 Å². The topological polar surface area (TPSA) is 99.8 Å². The monoisotopic (exact) mass is 155 g/mol. The van der Waals surface area contributed by atoms with Crippen LogP contribution in [0.1, 0.15) is 13.0 Å². The molecule has 0 aliphatic carbocycles. The van der Waals surface area contributed by atoms with Crippen LogP contribution in [-0.4, -0.2) is 20.9 Å². The van der Waals surface area contributed by atoms with Gasteiger partial charge in [0.25, 0.3) is 0 Å². The minimum atomic E-state index is -0.500. The molecule has 0 saturated carbocycles. The first-order valence-corrected chi connectivity index (χ1v) is 3.08. The molecule has 1 aromatic heterocycles. The number of hydrogen-bond acceptors (Lipinski definition) is 4. The van der Waals surface area contributed by atoms with Gasteiger partial charge < -0.3 is 11.5 Å². The number of primary amides is 1. The van der Waals surface area contributed by atoms with Gasteiger partial charge in [0.15, 0.2) is 5.82 Å². The highest BCUT2D eigenvalue weighted by atomic mass is 16.1. The summed E-state index contributed by atoms with van der Waals surface area (Å²) in [5.41, 5.74) is 10.3. The molecule has 0 aromatic carbocycles. The van der Waals surface area contributed by atoms with E-state index in [1.165, 1.54) is 10.9 Å². The van der Waals surface area contributed by atoms with Gasteiger partial charge in [-0.3, -0.25) is 4.79 Å². The number of aromatic nitrogens is 3. The lowest BCUT2D eigenvalue weighted by atomic mass is 10.3. The van der Waals surface area contributed by atoms with E-state index in [1.54, 1.807) is 6.92 Å². The molecule has 60 valence electrons. The van der Waals surface area contributed by atoms with Crippen molar-refractivity contribution in [3.63, 3.8) is 0 Å². The normalized spacial score (nSPS) is 12.8. The summed E-state index contributed by atoms with van der Waals surface area (Å²) >= 11 is 0. The van der Waals surface area contributed by atoms with E-state index in [4.69, 9.17) is 11.5 Å². The third-order valence-corrected chi connectivity index (χ3v) is 1.34. The van der Waals surface area contributed by atoms with Crippen molar-refractivity contribution in [2.75, 3.05) is 5.73 Å². The number of carbonyl (C=O) groups is 1. The van der Waals surface area contributed by atoms with Crippen LogP contribution in [0.25, 0.3) is 0 Å². The van der Waals surface area contributed by atoms with Gasteiger partial charge in [-0.1, -0.05) is 5.21 Å². The van der Waals surface area contributed by atoms with Crippen LogP contribution in [0.2, 0.25) is 0 Å². The van der Waals surface area contributed by atoms with Crippen LogP contribution in [0, 0.1) is 0 Å². The maximum atomic E-state index is 10.6. The Morgan fingerprint density at radius 1 is 1.82 bits per heavy atom. The molecule has 0 bridgehead atoms. The second kappa shape index (κ2) is 2.57. The van der Waals surface area contributed by atoms with Gasteiger partial charge in [0.1, 0.15) is 6.04 Å². The van der Waals surface area contributed by atoms with Crippen LogP contribution >= 0.6 is 0 Å². The number of hydrogen-bond donors (Lipinski definition) is 2. The summed E-state index contributed by atoms with van der Waals surface area (Å²) in [6, 6.07) is -0.500. The second-order valence-corrected chi connectivity index (χ2v) is 2.20. The Kier molecular flexibility index (Phi) is 1.75. The van der Waals surface area contributed by atoms with Gasteiger partial charge in [-0.15, -0.1) is 5.10 Å². The van der Waals surface area contributed by atoms with E-state index in [-0.39, 0.29) is 5.82 Å². The van der Waals surface area contributed by atoms with Gasteiger partial charge in [-0.25, -0.2) is 4.68 Å². The molecule has 1 heterocycles. The first kappa shape index (κ1) is 7.52. The minimum absolute atomic E-state index is 0.276. The summed E-state index contributed by atoms with van der Waals surface area (Å²) < 4.78 is 1.32. The molecule has 1 aromatic rings. The van der Waals surface area contributed by atoms with Crippen molar-refractivity contribution < 1.29 is 4.79 Å². The lowest BCUT2D eigenvalue weighted by Gasteiger charge is -2.04. The van der Waals surface area contributed by atoms with Crippen LogP contribution in [0.3, 0.4) is 0 Å². The quantitative estimate of drug-likeness (QED) is 0.566. The Morgan fingerprint density at radius 3 is 2.82 bits per heavy atom. The zero-order valence-corrected chi connectivity index (χ0v) is 6.06. The Hall–Kier alpha value is -1.59. The number of anilines is 1. The van der Waals surface area contributed by atoms with Crippen molar-refractivity contribution >= 4 is 11.7 Å². The third-order valence-electron chi connectivity index (χ3n) is 1.34. The van der Waals surface area contributed by atoms with Crippen molar-refractivity contribution in [3.05, 3.63) is 6.20 Å². The minimum Gasteiger partial charge on any atom is -0.381 e. The molecule has 0 aliphatic heterocycles. The predicted molar refractivity (Wildman–Crippen MR) is 38.3 cm³/mol. The van der Waals surface area contributed by atoms with Crippen molar-refractivity contribution in [1.29, 1.82) is 0 Å². The number of nitrogen functional groups attached to an aromatic ring is 1. The largest absolute Gasteiger partial charge is 0.381 e. The van der Waals surface area contributed by atoms with Gasteiger partial charge in [0.05, 0.1) is 6.20 Å². The van der Waals surface area contributed by atoms with E-state index < -0.39 is 11.9 Å². The smallest absolute Gasteiger partial charge is 0.242 e. The van der Waals surface area contributed by atoms with Crippen LogP contribution in [0.4, 0.5) is 5.82 Å². The van der Waals surface area contributed by atoms with Crippen molar-refractivity contribution in [2.45, 2.75) is 13.0 Å². The van der Waals surface area contributed by atoms with Crippen LogP contribution in [-0.2, 0) is 4.79 Å². The molecule has 1 rings (SSSR count). The van der Waals surface area contributed by atoms with Crippen LogP contribution in [0.15, 0.2) is 6.20 Å². The van der Waals surface area contributed by atoms with E-state index >= 15 is 0 Å². The lowest BCUT2D eigenvalue weighted by molar-refractivity contribution is -0.120. The maximum absolute atomic E-state index is 10.6. The molecular formula is C5H9N5O. The summed E-state index contributed by atoms with van der Waals surface area (Å²) in [4.78, 5) is 10.6. The van der Waals surface area contributed by atoms with E-state index in [0.717, 1.165) is 0 Å². The van der Waals surface area contributed by atoms with Gasteiger partial charge in [0.2, 0.25) is 5.91 Å². The van der Waals surface area contributed by atoms with Crippen LogP contribution in [0.5, 0.6) is 0 Å². The molecule has 6 heteroatoms. The highest BCUT2D eigenvalue weighted by molar-refractivity contribution is 5.77. The van der Waals surface area contributed by atoms with E-state index in [9.17, 15) is 4.79 Å². The first-order valence-electron chi connectivity index (χ1n) is 3.08. The van der Waals surface area contributed by atoms with Gasteiger partial charge in [-0.2, -0.15) is 0 Å². The summed E-state index contributed by atoms with van der Waals surface area (Å²) in [6.45, 7) is 1.62. The SMILES string of the molecule is CC(C(N)=O)n1cc(N)nn1. The highest BCUT2D eigenvalue weighted by Crippen LogP contribution is 2.03. The summed E-state index contributed by atoms with van der Waals surface area (Å²) in [7, 11) is 0. The Morgan fingerprint density at radius 2 is 2.45 bits per heavy atom. The van der Waals surface area contributed by atoms with Crippen molar-refractivity contribution in [1.82, 2.24) is 15.0 Å². The summed E-state index contributed by atoms with van der Waals surface area (Å²) in [6.07, 6.45) is 1.45. The van der Waals surface area contributed by atoms with Gasteiger partial charge >= 0.3 is 0 Å². The van der Waals surface area contributed by atoms with Crippen LogP contribution < -0.4 is 11.5 Å². The standard InChI is InChI=1S/C5H9N5O/c1-3(5(7)11)10-2-4(6)8-9-10/h2-3H,6H2,1H3,(H2,7,11). The molecule has 0 radical (unpaired) electrons. The average Bonchev–Trinajstić information content (AvgIpc) is 2.34. The molecule has 6 nitrogen and oxygen atoms in total. The van der Waals surface area contributed by atoms with Gasteiger partial charge in [0, 0.05) is 0 Å². The molecule has 4 N–H and O–H groups in total. The Balaban J connectivity index is 2.84. The second-order valence-electron chi connectivity index (χ2n) is 2.20. The third kappa shape index (κ3) is 1.46. The van der Waals surface area contributed by atoms with E-state index in [1.807, 2.05) is 0 Å². The Bertz CT molecular complexity index is 268. The number of nitrogens with zero attached hydrogens (tertiary/aromatic N) is 3. The fourth-order valence-corrected chi connectivity index (χ4v) is 0.610. The molecule has 11 heavy (non-hydrogen) atoms.